The summed E-state index contributed by atoms with van der Waals surface area (Å²) in [6, 6.07) is 19.5. The second-order valence-corrected chi connectivity index (χ2v) is 6.21. The van der Waals surface area contributed by atoms with Crippen LogP contribution in [0.2, 0.25) is 0 Å². The zero-order chi connectivity index (χ0) is 20.1. The van der Waals surface area contributed by atoms with Gasteiger partial charge in [-0.2, -0.15) is 0 Å². The molecule has 0 bridgehead atoms. The van der Waals surface area contributed by atoms with Crippen LogP contribution < -0.4 is 10.2 Å². The Bertz CT molecular complexity index is 1010. The van der Waals surface area contributed by atoms with Gasteiger partial charge in [0.2, 0.25) is 0 Å². The number of carbonyl (C=O) groups excluding carboxylic acids is 1. The average molecular weight is 378 g/mol. The molecule has 0 atom stereocenters. The Labute approximate surface area is 160 Å². The number of benzene rings is 3. The zero-order valence-electron chi connectivity index (χ0n) is 14.8. The highest BCUT2D eigenvalue weighted by atomic mass is 16.4. The Balaban J connectivity index is 1.74. The Morgan fingerprint density at radius 1 is 0.786 bits per heavy atom. The largest absolute Gasteiger partial charge is 0.480 e. The first-order chi connectivity index (χ1) is 13.4. The lowest BCUT2D eigenvalue weighted by Crippen LogP contribution is -2.34. The predicted molar refractivity (Wildman–Crippen MR) is 106 cm³/mol. The van der Waals surface area contributed by atoms with E-state index in [4.69, 9.17) is 10.2 Å². The first-order valence-electron chi connectivity index (χ1n) is 8.51. The number of hydrogen-bond donors (Lipinski definition) is 3. The summed E-state index contributed by atoms with van der Waals surface area (Å²) in [6.45, 7) is -0.871. The van der Waals surface area contributed by atoms with Crippen molar-refractivity contribution in [2.24, 2.45) is 0 Å². The van der Waals surface area contributed by atoms with Crippen molar-refractivity contribution >= 4 is 40.0 Å². The maximum atomic E-state index is 12.5. The first-order valence-corrected chi connectivity index (χ1v) is 8.51. The predicted octanol–water partition coefficient (Wildman–Crippen LogP) is 3.07. The molecular formula is C21H18N2O5. The van der Waals surface area contributed by atoms with E-state index in [-0.39, 0.29) is 5.91 Å². The van der Waals surface area contributed by atoms with Gasteiger partial charge >= 0.3 is 11.9 Å². The van der Waals surface area contributed by atoms with E-state index in [1.54, 1.807) is 36.4 Å². The molecule has 3 aromatic carbocycles. The van der Waals surface area contributed by atoms with E-state index in [0.717, 1.165) is 10.8 Å². The Hall–Kier alpha value is -3.87. The number of anilines is 2. The molecule has 7 heteroatoms. The van der Waals surface area contributed by atoms with Gasteiger partial charge in [-0.3, -0.25) is 14.4 Å². The molecule has 0 aliphatic carbocycles. The summed E-state index contributed by atoms with van der Waals surface area (Å²) in [4.78, 5) is 35.6. The molecule has 0 aliphatic rings. The highest BCUT2D eigenvalue weighted by molar-refractivity contribution is 6.06. The molecule has 0 fully saturated rings. The average Bonchev–Trinajstić information content (AvgIpc) is 2.67. The molecule has 0 saturated carbocycles. The van der Waals surface area contributed by atoms with E-state index >= 15 is 0 Å². The summed E-state index contributed by atoms with van der Waals surface area (Å²) in [5.74, 6) is -2.53. The van der Waals surface area contributed by atoms with Crippen LogP contribution >= 0.6 is 0 Å². The van der Waals surface area contributed by atoms with Crippen LogP contribution in [-0.2, 0) is 9.59 Å². The zero-order valence-corrected chi connectivity index (χ0v) is 14.8. The number of fused-ring (bicyclic) bond motifs is 1. The molecule has 1 amide bonds. The fourth-order valence-electron chi connectivity index (χ4n) is 2.85. The minimum absolute atomic E-state index is 0.272. The summed E-state index contributed by atoms with van der Waals surface area (Å²) in [5.41, 5.74) is 1.47. The van der Waals surface area contributed by atoms with Crippen molar-refractivity contribution in [1.82, 2.24) is 0 Å². The monoisotopic (exact) mass is 378 g/mol. The minimum atomic E-state index is -1.13. The summed E-state index contributed by atoms with van der Waals surface area (Å²) < 4.78 is 0. The number of nitrogens with zero attached hydrogens (tertiary/aromatic N) is 1. The second kappa shape index (κ2) is 8.22. The number of amides is 1. The summed E-state index contributed by atoms with van der Waals surface area (Å²) >= 11 is 0. The van der Waals surface area contributed by atoms with Gasteiger partial charge in [0, 0.05) is 16.9 Å². The fraction of sp³-hybridized carbons (Fsp3) is 0.0952. The minimum Gasteiger partial charge on any atom is -0.480 e. The number of hydrogen-bond acceptors (Lipinski definition) is 4. The summed E-state index contributed by atoms with van der Waals surface area (Å²) in [7, 11) is 0. The van der Waals surface area contributed by atoms with Gasteiger partial charge in [-0.25, -0.2) is 0 Å². The van der Waals surface area contributed by atoms with Crippen LogP contribution in [0.15, 0.2) is 66.7 Å². The van der Waals surface area contributed by atoms with Gasteiger partial charge in [-0.05, 0) is 47.2 Å². The van der Waals surface area contributed by atoms with Crippen molar-refractivity contribution < 1.29 is 24.6 Å². The molecule has 0 aromatic heterocycles. The molecule has 3 aromatic rings. The van der Waals surface area contributed by atoms with E-state index in [1.807, 2.05) is 30.3 Å². The maximum Gasteiger partial charge on any atom is 0.323 e. The Morgan fingerprint density at radius 3 is 2.00 bits per heavy atom. The molecule has 7 nitrogen and oxygen atoms in total. The third kappa shape index (κ3) is 4.64. The molecule has 0 aliphatic heterocycles. The summed E-state index contributed by atoms with van der Waals surface area (Å²) in [5, 5.41) is 22.7. The van der Waals surface area contributed by atoms with Crippen molar-refractivity contribution in [2.75, 3.05) is 23.3 Å². The van der Waals surface area contributed by atoms with E-state index in [0.29, 0.717) is 16.9 Å². The van der Waals surface area contributed by atoms with Crippen molar-refractivity contribution in [3.05, 3.63) is 72.3 Å². The molecule has 0 spiro atoms. The molecule has 0 saturated heterocycles. The number of carboxylic acid groups (broad SMARTS) is 2. The van der Waals surface area contributed by atoms with Crippen LogP contribution in [-0.4, -0.2) is 41.1 Å². The van der Waals surface area contributed by atoms with Gasteiger partial charge in [0.05, 0.1) is 0 Å². The standard InChI is InChI=1S/C21H18N2O5/c24-19(25)12-23(13-20(26)27)18-9-7-17(8-10-18)22-21(28)16-6-5-14-3-1-2-4-15(14)11-16/h1-11H,12-13H2,(H,22,28)(H,24,25)(H,26,27). The van der Waals surface area contributed by atoms with E-state index < -0.39 is 25.0 Å². The van der Waals surface area contributed by atoms with E-state index in [2.05, 4.69) is 5.32 Å². The van der Waals surface area contributed by atoms with Crippen molar-refractivity contribution in [3.63, 3.8) is 0 Å². The molecule has 3 rings (SSSR count). The number of rotatable bonds is 7. The molecule has 3 N–H and O–H groups in total. The molecule has 142 valence electrons. The van der Waals surface area contributed by atoms with Crippen LogP contribution in [0.25, 0.3) is 10.8 Å². The van der Waals surface area contributed by atoms with Gasteiger partial charge in [0.25, 0.3) is 5.91 Å². The molecule has 0 radical (unpaired) electrons. The number of carbonyl (C=O) groups is 3. The number of aliphatic carboxylic acids is 2. The van der Waals surface area contributed by atoms with Gasteiger partial charge in [-0.1, -0.05) is 30.3 Å². The van der Waals surface area contributed by atoms with Crippen molar-refractivity contribution in [1.29, 1.82) is 0 Å². The lowest BCUT2D eigenvalue weighted by Gasteiger charge is -2.20. The Morgan fingerprint density at radius 2 is 1.39 bits per heavy atom. The van der Waals surface area contributed by atoms with Crippen LogP contribution in [0.5, 0.6) is 0 Å². The van der Waals surface area contributed by atoms with Crippen LogP contribution in [0, 0.1) is 0 Å². The smallest absolute Gasteiger partial charge is 0.323 e. The number of nitrogens with one attached hydrogen (secondary N) is 1. The highest BCUT2D eigenvalue weighted by Crippen LogP contribution is 2.20. The number of carboxylic acids is 2. The third-order valence-corrected chi connectivity index (χ3v) is 4.15. The first kappa shape index (κ1) is 18.9. The van der Waals surface area contributed by atoms with Crippen LogP contribution in [0.4, 0.5) is 11.4 Å². The lowest BCUT2D eigenvalue weighted by molar-refractivity contribution is -0.136. The van der Waals surface area contributed by atoms with E-state index in [9.17, 15) is 14.4 Å². The SMILES string of the molecule is O=C(O)CN(CC(=O)O)c1ccc(NC(=O)c2ccc3ccccc3c2)cc1. The van der Waals surface area contributed by atoms with Gasteiger partial charge in [0.1, 0.15) is 13.1 Å². The highest BCUT2D eigenvalue weighted by Gasteiger charge is 2.14. The normalized spacial score (nSPS) is 10.4. The maximum absolute atomic E-state index is 12.5. The fourth-order valence-corrected chi connectivity index (χ4v) is 2.85. The molecule has 28 heavy (non-hydrogen) atoms. The molecule has 0 heterocycles. The van der Waals surface area contributed by atoms with Gasteiger partial charge < -0.3 is 20.4 Å². The second-order valence-electron chi connectivity index (χ2n) is 6.21. The third-order valence-electron chi connectivity index (χ3n) is 4.15. The van der Waals surface area contributed by atoms with Crippen LogP contribution in [0.3, 0.4) is 0 Å². The van der Waals surface area contributed by atoms with E-state index in [1.165, 1.54) is 4.90 Å². The molecular weight excluding hydrogens is 360 g/mol. The van der Waals surface area contributed by atoms with Crippen molar-refractivity contribution in [3.8, 4) is 0 Å². The van der Waals surface area contributed by atoms with Gasteiger partial charge in [-0.15, -0.1) is 0 Å². The quantitative estimate of drug-likeness (QED) is 0.583. The topological polar surface area (TPSA) is 107 Å². The summed E-state index contributed by atoms with van der Waals surface area (Å²) in [6.07, 6.45) is 0. The Kier molecular flexibility index (Phi) is 5.55. The van der Waals surface area contributed by atoms with Gasteiger partial charge in [0.15, 0.2) is 0 Å². The van der Waals surface area contributed by atoms with Crippen molar-refractivity contribution in [2.45, 2.75) is 0 Å². The molecule has 0 unspecified atom stereocenters. The lowest BCUT2D eigenvalue weighted by atomic mass is 10.1. The van der Waals surface area contributed by atoms with Crippen LogP contribution in [0.1, 0.15) is 10.4 Å².